The Morgan fingerprint density at radius 2 is 1.41 bits per heavy atom. The molecule has 0 radical (unpaired) electrons. The molecule has 37 heavy (non-hydrogen) atoms. The van der Waals surface area contributed by atoms with Gasteiger partial charge in [-0.2, -0.15) is 5.10 Å². The lowest BCUT2D eigenvalue weighted by Crippen LogP contribution is -2.27. The maximum Gasteiger partial charge on any atom is 0.0867 e. The van der Waals surface area contributed by atoms with Crippen molar-refractivity contribution in [2.24, 2.45) is 5.10 Å². The number of nitrogens with zero attached hydrogens (tertiary/aromatic N) is 4. The molecule has 0 aromatic heterocycles. The van der Waals surface area contributed by atoms with E-state index in [9.17, 15) is 0 Å². The van der Waals surface area contributed by atoms with E-state index in [1.165, 1.54) is 22.5 Å². The molecule has 3 aromatic rings. The highest BCUT2D eigenvalue weighted by Gasteiger charge is 2.29. The van der Waals surface area contributed by atoms with E-state index in [4.69, 9.17) is 5.10 Å². The first kappa shape index (κ1) is 26.3. The minimum Gasteiger partial charge on any atom is -0.372 e. The van der Waals surface area contributed by atoms with Crippen molar-refractivity contribution in [2.45, 2.75) is 40.2 Å². The molecule has 0 N–H and O–H groups in total. The number of benzene rings is 3. The van der Waals surface area contributed by atoms with Crippen LogP contribution in [0.15, 0.2) is 102 Å². The Kier molecular flexibility index (Phi) is 9.20. The molecule has 0 fully saturated rings. The molecule has 4 heteroatoms. The molecule has 1 atom stereocenters. The largest absolute Gasteiger partial charge is 0.372 e. The van der Waals surface area contributed by atoms with Crippen molar-refractivity contribution in [1.29, 1.82) is 0 Å². The fourth-order valence-electron chi connectivity index (χ4n) is 4.90. The molecule has 0 saturated carbocycles. The highest BCUT2D eigenvalue weighted by Crippen LogP contribution is 2.30. The van der Waals surface area contributed by atoms with Crippen LogP contribution in [-0.4, -0.2) is 42.8 Å². The molecule has 0 amide bonds. The molecule has 0 aliphatic carbocycles. The van der Waals surface area contributed by atoms with Crippen LogP contribution < -0.4 is 9.91 Å². The summed E-state index contributed by atoms with van der Waals surface area (Å²) in [4.78, 5) is 4.78. The van der Waals surface area contributed by atoms with Crippen LogP contribution in [0.5, 0.6) is 0 Å². The number of hydrogen-bond acceptors (Lipinski definition) is 4. The second kappa shape index (κ2) is 13.0. The van der Waals surface area contributed by atoms with Crippen LogP contribution in [-0.2, 0) is 0 Å². The summed E-state index contributed by atoms with van der Waals surface area (Å²) in [6.07, 6.45) is 7.69. The molecule has 0 spiro atoms. The summed E-state index contributed by atoms with van der Waals surface area (Å²) in [6.45, 7) is 12.8. The van der Waals surface area contributed by atoms with E-state index in [-0.39, 0.29) is 6.04 Å². The standard InChI is InChI=1S/C33H40N4/c1-5-35(6-2)29-22-19-27(20-23-29)21-24-31-26-32(34-37(31)30-17-13-10-14-18-30)33(36(7-3)8-4)25-28-15-11-9-12-16-28/h9-25,31H,5-8,26H2,1-4H3. The summed E-state index contributed by atoms with van der Waals surface area (Å²) in [5.41, 5.74) is 7.13. The summed E-state index contributed by atoms with van der Waals surface area (Å²) in [5.74, 6) is 0. The van der Waals surface area contributed by atoms with E-state index in [0.717, 1.165) is 44.0 Å². The maximum atomic E-state index is 5.21. The van der Waals surface area contributed by atoms with E-state index in [1.54, 1.807) is 0 Å². The van der Waals surface area contributed by atoms with E-state index >= 15 is 0 Å². The van der Waals surface area contributed by atoms with Crippen LogP contribution in [0.4, 0.5) is 11.4 Å². The van der Waals surface area contributed by atoms with Gasteiger partial charge in [-0.05, 0) is 69.2 Å². The van der Waals surface area contributed by atoms with Gasteiger partial charge in [0.25, 0.3) is 0 Å². The van der Waals surface area contributed by atoms with Crippen LogP contribution in [0.3, 0.4) is 0 Å². The minimum atomic E-state index is 0.148. The summed E-state index contributed by atoms with van der Waals surface area (Å²) >= 11 is 0. The van der Waals surface area contributed by atoms with Crippen molar-refractivity contribution in [3.05, 3.63) is 108 Å². The minimum absolute atomic E-state index is 0.148. The fourth-order valence-corrected chi connectivity index (χ4v) is 4.90. The van der Waals surface area contributed by atoms with Gasteiger partial charge in [0, 0.05) is 38.3 Å². The zero-order valence-corrected chi connectivity index (χ0v) is 22.7. The van der Waals surface area contributed by atoms with Crippen LogP contribution in [0.25, 0.3) is 12.2 Å². The van der Waals surface area contributed by atoms with Gasteiger partial charge in [0.05, 0.1) is 23.1 Å². The SMILES string of the molecule is CCN(CC)C(=Cc1ccccc1)C1=NN(c2ccccc2)C(C=Cc2ccc(N(CC)CC)cc2)C1. The first-order chi connectivity index (χ1) is 18.2. The summed E-state index contributed by atoms with van der Waals surface area (Å²) in [7, 11) is 0. The molecule has 0 bridgehead atoms. The van der Waals surface area contributed by atoms with Crippen molar-refractivity contribution < 1.29 is 0 Å². The maximum absolute atomic E-state index is 5.21. The summed E-state index contributed by atoms with van der Waals surface area (Å²) in [6, 6.07) is 30.1. The Bertz CT molecular complexity index is 1190. The van der Waals surface area contributed by atoms with Crippen LogP contribution in [0, 0.1) is 0 Å². The molecular formula is C33H40N4. The van der Waals surface area contributed by atoms with E-state index < -0.39 is 0 Å². The topological polar surface area (TPSA) is 22.1 Å². The van der Waals surface area contributed by atoms with Crippen LogP contribution in [0.2, 0.25) is 0 Å². The second-order valence-corrected chi connectivity index (χ2v) is 9.23. The Morgan fingerprint density at radius 1 is 0.784 bits per heavy atom. The third-order valence-electron chi connectivity index (χ3n) is 7.00. The molecule has 1 aliphatic heterocycles. The zero-order valence-electron chi connectivity index (χ0n) is 22.7. The Morgan fingerprint density at radius 3 is 2.00 bits per heavy atom. The predicted molar refractivity (Wildman–Crippen MR) is 161 cm³/mol. The first-order valence-electron chi connectivity index (χ1n) is 13.6. The summed E-state index contributed by atoms with van der Waals surface area (Å²) < 4.78 is 0. The van der Waals surface area contributed by atoms with Gasteiger partial charge in [-0.15, -0.1) is 0 Å². The smallest absolute Gasteiger partial charge is 0.0867 e. The average Bonchev–Trinajstić information content (AvgIpc) is 3.38. The van der Waals surface area contributed by atoms with Gasteiger partial charge in [-0.1, -0.05) is 72.8 Å². The van der Waals surface area contributed by atoms with Gasteiger partial charge in [-0.25, -0.2) is 0 Å². The van der Waals surface area contributed by atoms with Gasteiger partial charge in [0.1, 0.15) is 0 Å². The quantitative estimate of drug-likeness (QED) is 0.276. The van der Waals surface area contributed by atoms with E-state index in [1.807, 2.05) is 0 Å². The molecule has 1 aliphatic rings. The molecule has 192 valence electrons. The van der Waals surface area contributed by atoms with E-state index in [0.29, 0.717) is 0 Å². The van der Waals surface area contributed by atoms with Crippen molar-refractivity contribution in [3.63, 3.8) is 0 Å². The van der Waals surface area contributed by atoms with Gasteiger partial charge < -0.3 is 9.80 Å². The average molecular weight is 493 g/mol. The normalized spacial score (nSPS) is 15.8. The Balaban J connectivity index is 1.65. The lowest BCUT2D eigenvalue weighted by Gasteiger charge is -2.24. The molecule has 4 rings (SSSR count). The molecule has 4 nitrogen and oxygen atoms in total. The number of allylic oxidation sites excluding steroid dienone is 1. The fraction of sp³-hybridized carbons (Fsp3) is 0.303. The van der Waals surface area contributed by atoms with Crippen molar-refractivity contribution in [1.82, 2.24) is 4.90 Å². The van der Waals surface area contributed by atoms with Gasteiger partial charge in [-0.3, -0.25) is 5.01 Å². The zero-order chi connectivity index (χ0) is 26.0. The van der Waals surface area contributed by atoms with Crippen molar-refractivity contribution in [2.75, 3.05) is 36.1 Å². The highest BCUT2D eigenvalue weighted by molar-refractivity contribution is 6.05. The number of hydrazone groups is 1. The van der Waals surface area contributed by atoms with E-state index in [2.05, 4.69) is 146 Å². The third-order valence-corrected chi connectivity index (χ3v) is 7.00. The number of rotatable bonds is 11. The second-order valence-electron chi connectivity index (χ2n) is 9.23. The molecule has 0 saturated heterocycles. The van der Waals surface area contributed by atoms with Crippen LogP contribution >= 0.6 is 0 Å². The Hall–Kier alpha value is -3.79. The lowest BCUT2D eigenvalue weighted by atomic mass is 10.0. The first-order valence-corrected chi connectivity index (χ1v) is 13.6. The highest BCUT2D eigenvalue weighted by atomic mass is 15.5. The number of anilines is 2. The third kappa shape index (κ3) is 6.51. The Labute approximate surface area is 223 Å². The monoisotopic (exact) mass is 492 g/mol. The number of para-hydroxylation sites is 1. The number of hydrogen-bond donors (Lipinski definition) is 0. The van der Waals surface area contributed by atoms with Gasteiger partial charge in [0.15, 0.2) is 0 Å². The molecule has 1 unspecified atom stereocenters. The van der Waals surface area contributed by atoms with Crippen LogP contribution in [0.1, 0.15) is 45.2 Å². The predicted octanol–water partition coefficient (Wildman–Crippen LogP) is 7.56. The van der Waals surface area contributed by atoms with Crippen molar-refractivity contribution in [3.8, 4) is 0 Å². The summed E-state index contributed by atoms with van der Waals surface area (Å²) in [5, 5.41) is 7.39. The molecule has 1 heterocycles. The van der Waals surface area contributed by atoms with Gasteiger partial charge >= 0.3 is 0 Å². The molecule has 3 aromatic carbocycles. The molecular weight excluding hydrogens is 452 g/mol. The van der Waals surface area contributed by atoms with Crippen molar-refractivity contribution >= 4 is 29.2 Å². The van der Waals surface area contributed by atoms with Gasteiger partial charge in [0.2, 0.25) is 0 Å². The lowest BCUT2D eigenvalue weighted by molar-refractivity contribution is 0.403.